The third-order valence-corrected chi connectivity index (χ3v) is 5.77. The maximum absolute atomic E-state index is 13.6. The van der Waals surface area contributed by atoms with Crippen LogP contribution in [0.15, 0.2) is 72.8 Å². The number of nitrogens with one attached hydrogen (secondary N) is 1. The Bertz CT molecular complexity index is 1000. The molecule has 0 aliphatic carbocycles. The molecule has 6 heteroatoms. The second kappa shape index (κ2) is 8.80. The van der Waals surface area contributed by atoms with E-state index < -0.39 is 11.7 Å². The number of piperazine rings is 1. The van der Waals surface area contributed by atoms with Crippen LogP contribution >= 0.6 is 11.6 Å². The Labute approximate surface area is 179 Å². The van der Waals surface area contributed by atoms with Crippen LogP contribution in [0.3, 0.4) is 0 Å². The molecule has 1 saturated heterocycles. The Morgan fingerprint density at radius 2 is 1.57 bits per heavy atom. The Morgan fingerprint density at radius 1 is 0.900 bits per heavy atom. The molecule has 0 spiro atoms. The lowest BCUT2D eigenvalue weighted by atomic mass is 9.94. The van der Waals surface area contributed by atoms with E-state index >= 15 is 0 Å². The molecule has 1 atom stereocenters. The normalized spacial score (nSPS) is 17.8. The predicted molar refractivity (Wildman–Crippen MR) is 114 cm³/mol. The lowest BCUT2D eigenvalue weighted by molar-refractivity contribution is -0.137. The molecule has 156 valence electrons. The van der Waals surface area contributed by atoms with E-state index in [1.165, 1.54) is 6.07 Å². The third-order valence-electron chi connectivity index (χ3n) is 5.52. The van der Waals surface area contributed by atoms with Crippen LogP contribution in [0.4, 0.5) is 13.2 Å². The van der Waals surface area contributed by atoms with E-state index in [4.69, 9.17) is 11.6 Å². The summed E-state index contributed by atoms with van der Waals surface area (Å²) in [6.45, 7) is 2.99. The van der Waals surface area contributed by atoms with Crippen molar-refractivity contribution >= 4 is 11.6 Å². The van der Waals surface area contributed by atoms with Gasteiger partial charge in [0.2, 0.25) is 0 Å². The molecule has 0 amide bonds. The Hall–Kier alpha value is -2.34. The first-order chi connectivity index (χ1) is 14.4. The molecule has 1 aliphatic rings. The highest BCUT2D eigenvalue weighted by Gasteiger charge is 2.34. The molecular weight excluding hydrogens is 409 g/mol. The van der Waals surface area contributed by atoms with E-state index in [-0.39, 0.29) is 11.6 Å². The van der Waals surface area contributed by atoms with Crippen LogP contribution in [0.5, 0.6) is 0 Å². The SMILES string of the molecule is FC(F)(F)c1ccccc1-c1ccccc1CN1CCNC[C@H]1c1ccc(Cl)cc1. The number of alkyl halides is 3. The van der Waals surface area contributed by atoms with Gasteiger partial charge in [0.05, 0.1) is 5.56 Å². The fourth-order valence-electron chi connectivity index (χ4n) is 4.05. The van der Waals surface area contributed by atoms with Gasteiger partial charge >= 0.3 is 6.18 Å². The van der Waals surface area contributed by atoms with Gasteiger partial charge in [-0.3, -0.25) is 4.90 Å². The molecule has 0 unspecified atom stereocenters. The van der Waals surface area contributed by atoms with Crippen molar-refractivity contribution in [1.29, 1.82) is 0 Å². The van der Waals surface area contributed by atoms with Crippen molar-refractivity contribution < 1.29 is 13.2 Å². The summed E-state index contributed by atoms with van der Waals surface area (Å²) >= 11 is 6.04. The van der Waals surface area contributed by atoms with Gasteiger partial charge in [0.15, 0.2) is 0 Å². The topological polar surface area (TPSA) is 15.3 Å². The quantitative estimate of drug-likeness (QED) is 0.532. The summed E-state index contributed by atoms with van der Waals surface area (Å²) < 4.78 is 40.8. The maximum Gasteiger partial charge on any atom is 0.417 e. The van der Waals surface area contributed by atoms with Gasteiger partial charge < -0.3 is 5.32 Å². The van der Waals surface area contributed by atoms with Crippen molar-refractivity contribution in [3.63, 3.8) is 0 Å². The molecule has 1 N–H and O–H groups in total. The van der Waals surface area contributed by atoms with Crippen molar-refractivity contribution in [1.82, 2.24) is 10.2 Å². The minimum absolute atomic E-state index is 0.127. The fraction of sp³-hybridized carbons (Fsp3) is 0.250. The van der Waals surface area contributed by atoms with Crippen LogP contribution < -0.4 is 5.32 Å². The zero-order chi connectivity index (χ0) is 21.1. The number of halogens is 4. The Kier molecular flexibility index (Phi) is 6.14. The second-order valence-corrected chi connectivity index (χ2v) is 7.88. The summed E-state index contributed by atoms with van der Waals surface area (Å²) in [7, 11) is 0. The molecule has 1 aliphatic heterocycles. The van der Waals surface area contributed by atoms with Crippen molar-refractivity contribution in [2.45, 2.75) is 18.8 Å². The standard InChI is InChI=1S/C24H22ClF3N2/c25-19-11-9-17(10-12-19)23-15-29-13-14-30(23)16-18-5-1-2-6-20(18)21-7-3-4-8-22(21)24(26,27)28/h1-12,23,29H,13-16H2/t23-/m0/s1. The maximum atomic E-state index is 13.6. The van der Waals surface area contributed by atoms with Crippen molar-refractivity contribution in [3.05, 3.63) is 94.5 Å². The fourth-order valence-corrected chi connectivity index (χ4v) is 4.18. The van der Waals surface area contributed by atoms with E-state index in [1.807, 2.05) is 36.4 Å². The summed E-state index contributed by atoms with van der Waals surface area (Å²) in [4.78, 5) is 2.31. The molecule has 0 radical (unpaired) electrons. The van der Waals surface area contributed by atoms with E-state index in [2.05, 4.69) is 10.2 Å². The molecule has 4 rings (SSSR count). The van der Waals surface area contributed by atoms with Gasteiger partial charge in [-0.1, -0.05) is 66.2 Å². The zero-order valence-electron chi connectivity index (χ0n) is 16.3. The van der Waals surface area contributed by atoms with Gasteiger partial charge in [-0.15, -0.1) is 0 Å². The predicted octanol–water partition coefficient (Wildman–Crippen LogP) is 6.17. The Balaban J connectivity index is 1.69. The number of rotatable bonds is 4. The third kappa shape index (κ3) is 4.53. The van der Waals surface area contributed by atoms with Crippen LogP contribution in [0.2, 0.25) is 5.02 Å². The largest absolute Gasteiger partial charge is 0.417 e. The molecule has 3 aromatic rings. The number of benzene rings is 3. The number of hydrogen-bond acceptors (Lipinski definition) is 2. The van der Waals surface area contributed by atoms with Crippen molar-refractivity contribution in [3.8, 4) is 11.1 Å². The summed E-state index contributed by atoms with van der Waals surface area (Å²) in [5.74, 6) is 0. The van der Waals surface area contributed by atoms with Crippen LogP contribution in [-0.2, 0) is 12.7 Å². The minimum Gasteiger partial charge on any atom is -0.314 e. The van der Waals surface area contributed by atoms with Gasteiger partial charge in [0.25, 0.3) is 0 Å². The monoisotopic (exact) mass is 430 g/mol. The van der Waals surface area contributed by atoms with Gasteiger partial charge in [-0.25, -0.2) is 0 Å². The van der Waals surface area contributed by atoms with Gasteiger partial charge in [0, 0.05) is 37.2 Å². The van der Waals surface area contributed by atoms with Gasteiger partial charge in [-0.05, 0) is 40.5 Å². The van der Waals surface area contributed by atoms with Crippen molar-refractivity contribution in [2.75, 3.05) is 19.6 Å². The highest BCUT2D eigenvalue weighted by molar-refractivity contribution is 6.30. The summed E-state index contributed by atoms with van der Waals surface area (Å²) in [6.07, 6.45) is -4.40. The Morgan fingerprint density at radius 3 is 2.30 bits per heavy atom. The molecule has 0 bridgehead atoms. The number of hydrogen-bond donors (Lipinski definition) is 1. The first-order valence-corrected chi connectivity index (χ1v) is 10.3. The van der Waals surface area contributed by atoms with Crippen molar-refractivity contribution in [2.24, 2.45) is 0 Å². The molecule has 1 fully saturated rings. The van der Waals surface area contributed by atoms with E-state index in [1.54, 1.807) is 24.3 Å². The minimum atomic E-state index is -4.40. The zero-order valence-corrected chi connectivity index (χ0v) is 17.0. The molecule has 2 nitrogen and oxygen atoms in total. The van der Waals surface area contributed by atoms with E-state index in [9.17, 15) is 13.2 Å². The molecule has 3 aromatic carbocycles. The van der Waals surface area contributed by atoms with Crippen LogP contribution in [-0.4, -0.2) is 24.5 Å². The average Bonchev–Trinajstić information content (AvgIpc) is 2.75. The number of nitrogens with zero attached hydrogens (tertiary/aromatic N) is 1. The highest BCUT2D eigenvalue weighted by Crippen LogP contribution is 2.38. The highest BCUT2D eigenvalue weighted by atomic mass is 35.5. The van der Waals surface area contributed by atoms with Gasteiger partial charge in [0.1, 0.15) is 0 Å². The summed E-state index contributed by atoms with van der Waals surface area (Å²) in [6, 6.07) is 21.1. The first kappa shape index (κ1) is 20.9. The lowest BCUT2D eigenvalue weighted by Crippen LogP contribution is -2.45. The lowest BCUT2D eigenvalue weighted by Gasteiger charge is -2.37. The summed E-state index contributed by atoms with van der Waals surface area (Å²) in [5, 5.41) is 4.10. The van der Waals surface area contributed by atoms with Crippen LogP contribution in [0.25, 0.3) is 11.1 Å². The smallest absolute Gasteiger partial charge is 0.314 e. The molecule has 0 aromatic heterocycles. The molecular formula is C24H22ClF3N2. The first-order valence-electron chi connectivity index (χ1n) is 9.88. The molecule has 1 heterocycles. The van der Waals surface area contributed by atoms with Gasteiger partial charge in [-0.2, -0.15) is 13.2 Å². The van der Waals surface area contributed by atoms with E-state index in [0.717, 1.165) is 36.8 Å². The van der Waals surface area contributed by atoms with Crippen LogP contribution in [0, 0.1) is 0 Å². The van der Waals surface area contributed by atoms with E-state index in [0.29, 0.717) is 17.1 Å². The molecule has 30 heavy (non-hydrogen) atoms. The molecule has 0 saturated carbocycles. The summed E-state index contributed by atoms with van der Waals surface area (Å²) in [5.41, 5.74) is 2.26. The second-order valence-electron chi connectivity index (χ2n) is 7.44. The van der Waals surface area contributed by atoms with Crippen LogP contribution in [0.1, 0.15) is 22.7 Å². The average molecular weight is 431 g/mol.